The fourth-order valence-corrected chi connectivity index (χ4v) is 1.86. The first-order valence-electron chi connectivity index (χ1n) is 6.06. The van der Waals surface area contributed by atoms with Gasteiger partial charge in [0.05, 0.1) is 0 Å². The average molecular weight is 238 g/mol. The molecule has 1 N–H and O–H groups in total. The van der Waals surface area contributed by atoms with E-state index in [1.807, 2.05) is 44.4 Å². The molecule has 0 aromatic heterocycles. The number of benzene rings is 2. The smallest absolute Gasteiger partial charge is 0.0429 e. The Labute approximate surface area is 108 Å². The summed E-state index contributed by atoms with van der Waals surface area (Å²) in [6.07, 6.45) is 0.678. The van der Waals surface area contributed by atoms with Crippen molar-refractivity contribution < 1.29 is 0 Å². The lowest BCUT2D eigenvalue weighted by molar-refractivity contribution is 1.13. The van der Waals surface area contributed by atoms with Crippen molar-refractivity contribution in [2.75, 3.05) is 19.0 Å². The van der Waals surface area contributed by atoms with Gasteiger partial charge in [0.1, 0.15) is 0 Å². The highest BCUT2D eigenvalue weighted by molar-refractivity contribution is 5.99. The topological polar surface area (TPSA) is 27.1 Å². The first-order valence-corrected chi connectivity index (χ1v) is 6.06. The molecule has 0 atom stereocenters. The number of hydrogen-bond acceptors (Lipinski definition) is 2. The van der Waals surface area contributed by atoms with Gasteiger partial charge in [-0.2, -0.15) is 0 Å². The Morgan fingerprint density at radius 2 is 1.56 bits per heavy atom. The highest BCUT2D eigenvalue weighted by Crippen LogP contribution is 2.14. The van der Waals surface area contributed by atoms with Crippen LogP contribution in [0.1, 0.15) is 11.1 Å². The molecule has 0 fully saturated rings. The molecule has 92 valence electrons. The molecule has 0 aliphatic carbocycles. The van der Waals surface area contributed by atoms with Gasteiger partial charge in [-0.3, -0.25) is 0 Å². The molecule has 18 heavy (non-hydrogen) atoms. The van der Waals surface area contributed by atoms with Gasteiger partial charge in [0.25, 0.3) is 0 Å². The standard InChI is InChI=1S/C16H18N2/c1-18(2)15-10-8-13(9-11-15)12-16(17)14-6-4-3-5-7-14/h3-11,17H,12H2,1-2H3. The van der Waals surface area contributed by atoms with Crippen molar-refractivity contribution in [3.05, 3.63) is 65.7 Å². The summed E-state index contributed by atoms with van der Waals surface area (Å²) in [7, 11) is 4.06. The van der Waals surface area contributed by atoms with Crippen molar-refractivity contribution in [2.45, 2.75) is 6.42 Å². The van der Waals surface area contributed by atoms with Gasteiger partial charge >= 0.3 is 0 Å². The molecular weight excluding hydrogens is 220 g/mol. The maximum absolute atomic E-state index is 8.09. The summed E-state index contributed by atoms with van der Waals surface area (Å²) in [5.74, 6) is 0. The Hall–Kier alpha value is -2.09. The molecule has 0 spiro atoms. The summed E-state index contributed by atoms with van der Waals surface area (Å²) in [6.45, 7) is 0. The van der Waals surface area contributed by atoms with E-state index in [0.29, 0.717) is 12.1 Å². The Balaban J connectivity index is 2.08. The highest BCUT2D eigenvalue weighted by atomic mass is 15.1. The van der Waals surface area contributed by atoms with E-state index < -0.39 is 0 Å². The van der Waals surface area contributed by atoms with E-state index in [-0.39, 0.29) is 0 Å². The second-order valence-electron chi connectivity index (χ2n) is 4.58. The third-order valence-corrected chi connectivity index (χ3v) is 2.96. The molecule has 0 unspecified atom stereocenters. The lowest BCUT2D eigenvalue weighted by Gasteiger charge is -2.12. The molecule has 2 heteroatoms. The minimum Gasteiger partial charge on any atom is -0.378 e. The van der Waals surface area contributed by atoms with E-state index in [2.05, 4.69) is 29.2 Å². The van der Waals surface area contributed by atoms with Crippen molar-refractivity contribution in [1.82, 2.24) is 0 Å². The lowest BCUT2D eigenvalue weighted by Crippen LogP contribution is -2.08. The van der Waals surface area contributed by atoms with Gasteiger partial charge in [-0.05, 0) is 23.3 Å². The molecule has 2 aromatic carbocycles. The van der Waals surface area contributed by atoms with Crippen molar-refractivity contribution in [2.24, 2.45) is 0 Å². The Morgan fingerprint density at radius 3 is 2.11 bits per heavy atom. The summed E-state index contributed by atoms with van der Waals surface area (Å²) < 4.78 is 0. The van der Waals surface area contributed by atoms with Crippen molar-refractivity contribution >= 4 is 11.4 Å². The fraction of sp³-hybridized carbons (Fsp3) is 0.188. The predicted molar refractivity (Wildman–Crippen MR) is 77.7 cm³/mol. The van der Waals surface area contributed by atoms with Gasteiger partial charge in [0, 0.05) is 31.9 Å². The maximum atomic E-state index is 8.09. The molecule has 0 amide bonds. The Morgan fingerprint density at radius 1 is 0.944 bits per heavy atom. The number of nitrogens with one attached hydrogen (secondary N) is 1. The monoisotopic (exact) mass is 238 g/mol. The molecule has 0 aliphatic rings. The molecule has 0 aliphatic heterocycles. The van der Waals surface area contributed by atoms with E-state index in [1.54, 1.807) is 0 Å². The quantitative estimate of drug-likeness (QED) is 0.812. The summed E-state index contributed by atoms with van der Waals surface area (Å²) >= 11 is 0. The molecule has 2 rings (SSSR count). The highest BCUT2D eigenvalue weighted by Gasteiger charge is 2.03. The van der Waals surface area contributed by atoms with Crippen LogP contribution in [0.4, 0.5) is 5.69 Å². The third-order valence-electron chi connectivity index (χ3n) is 2.96. The van der Waals surface area contributed by atoms with E-state index in [9.17, 15) is 0 Å². The molecule has 0 radical (unpaired) electrons. The second-order valence-corrected chi connectivity index (χ2v) is 4.58. The summed E-state index contributed by atoms with van der Waals surface area (Å²) in [6, 6.07) is 18.2. The van der Waals surface area contributed by atoms with Gasteiger partial charge in [0.15, 0.2) is 0 Å². The second kappa shape index (κ2) is 5.50. The van der Waals surface area contributed by atoms with Crippen LogP contribution in [0.5, 0.6) is 0 Å². The van der Waals surface area contributed by atoms with Crippen LogP contribution in [0.25, 0.3) is 0 Å². The van der Waals surface area contributed by atoms with Crippen LogP contribution in [-0.4, -0.2) is 19.8 Å². The number of rotatable bonds is 4. The largest absolute Gasteiger partial charge is 0.378 e. The summed E-state index contributed by atoms with van der Waals surface area (Å²) in [5, 5.41) is 8.09. The van der Waals surface area contributed by atoms with Gasteiger partial charge in [0.2, 0.25) is 0 Å². The number of hydrogen-bond donors (Lipinski definition) is 1. The first kappa shape index (κ1) is 12.4. The molecule has 0 saturated carbocycles. The van der Waals surface area contributed by atoms with E-state index >= 15 is 0 Å². The molecular formula is C16H18N2. The normalized spacial score (nSPS) is 10.1. The molecule has 0 saturated heterocycles. The zero-order valence-electron chi connectivity index (χ0n) is 10.9. The van der Waals surface area contributed by atoms with Crippen LogP contribution in [-0.2, 0) is 6.42 Å². The molecule has 2 nitrogen and oxygen atoms in total. The van der Waals surface area contributed by atoms with Gasteiger partial charge in [-0.25, -0.2) is 0 Å². The molecule has 2 aromatic rings. The predicted octanol–water partition coefficient (Wildman–Crippen LogP) is 3.36. The van der Waals surface area contributed by atoms with Crippen molar-refractivity contribution in [1.29, 1.82) is 5.41 Å². The van der Waals surface area contributed by atoms with Gasteiger partial charge < -0.3 is 10.3 Å². The lowest BCUT2D eigenvalue weighted by atomic mass is 10.0. The molecule has 0 heterocycles. The maximum Gasteiger partial charge on any atom is 0.0429 e. The van der Waals surface area contributed by atoms with E-state index in [1.165, 1.54) is 11.3 Å². The SMILES string of the molecule is CN(C)c1ccc(CC(=N)c2ccccc2)cc1. The van der Waals surface area contributed by atoms with Crippen LogP contribution in [0.2, 0.25) is 0 Å². The first-order chi connectivity index (χ1) is 8.66. The average Bonchev–Trinajstić information content (AvgIpc) is 2.40. The zero-order chi connectivity index (χ0) is 13.0. The molecule has 0 bridgehead atoms. The minimum atomic E-state index is 0.660. The van der Waals surface area contributed by atoms with Crippen LogP contribution < -0.4 is 4.90 Å². The summed E-state index contributed by atoms with van der Waals surface area (Å²) in [5.41, 5.74) is 4.02. The van der Waals surface area contributed by atoms with Gasteiger partial charge in [-0.1, -0.05) is 42.5 Å². The number of nitrogens with zero attached hydrogens (tertiary/aromatic N) is 1. The van der Waals surface area contributed by atoms with Gasteiger partial charge in [-0.15, -0.1) is 0 Å². The van der Waals surface area contributed by atoms with E-state index in [0.717, 1.165) is 5.56 Å². The minimum absolute atomic E-state index is 0.660. The van der Waals surface area contributed by atoms with Crippen molar-refractivity contribution in [3.63, 3.8) is 0 Å². The van der Waals surface area contributed by atoms with Crippen LogP contribution >= 0.6 is 0 Å². The Bertz CT molecular complexity index is 513. The Kier molecular flexibility index (Phi) is 3.78. The third kappa shape index (κ3) is 2.98. The fourth-order valence-electron chi connectivity index (χ4n) is 1.86. The van der Waals surface area contributed by atoms with Crippen LogP contribution in [0.3, 0.4) is 0 Å². The van der Waals surface area contributed by atoms with Crippen LogP contribution in [0, 0.1) is 5.41 Å². The van der Waals surface area contributed by atoms with E-state index in [4.69, 9.17) is 5.41 Å². The van der Waals surface area contributed by atoms with Crippen LogP contribution in [0.15, 0.2) is 54.6 Å². The van der Waals surface area contributed by atoms with Crippen molar-refractivity contribution in [3.8, 4) is 0 Å². The summed E-state index contributed by atoms with van der Waals surface area (Å²) in [4.78, 5) is 2.08. The zero-order valence-corrected chi connectivity index (χ0v) is 10.9. The number of anilines is 1.